The van der Waals surface area contributed by atoms with Gasteiger partial charge in [0.1, 0.15) is 11.9 Å². The number of halogens is 1. The Morgan fingerprint density at radius 3 is 2.54 bits per heavy atom. The van der Waals surface area contributed by atoms with Gasteiger partial charge in [0.2, 0.25) is 18.3 Å². The number of carbonyl (C=O) groups excluding carboxylic acids is 1. The van der Waals surface area contributed by atoms with Crippen LogP contribution in [0.25, 0.3) is 0 Å². The van der Waals surface area contributed by atoms with Crippen LogP contribution in [0, 0.1) is 5.82 Å². The molecular formula is C20H18FNO6. The summed E-state index contributed by atoms with van der Waals surface area (Å²) in [5.41, 5.74) is 2.43. The highest BCUT2D eigenvalue weighted by Gasteiger charge is 2.33. The van der Waals surface area contributed by atoms with Crippen molar-refractivity contribution in [3.63, 3.8) is 0 Å². The lowest BCUT2D eigenvalue weighted by atomic mass is 9.95. The molecule has 2 heterocycles. The molecule has 0 saturated heterocycles. The van der Waals surface area contributed by atoms with E-state index in [9.17, 15) is 9.18 Å². The van der Waals surface area contributed by atoms with Gasteiger partial charge in [-0.25, -0.2) is 4.39 Å². The molecule has 0 fully saturated rings. The molecule has 0 aromatic heterocycles. The average molecular weight is 387 g/mol. The average Bonchev–Trinajstić information content (AvgIpc) is 3.37. The summed E-state index contributed by atoms with van der Waals surface area (Å²) >= 11 is 0. The first-order valence-electron chi connectivity index (χ1n) is 8.66. The number of hydrogen-bond acceptors (Lipinski definition) is 7. The summed E-state index contributed by atoms with van der Waals surface area (Å²) in [6, 6.07) is 6.06. The smallest absolute Gasteiger partial charge is 0.231 e. The zero-order valence-corrected chi connectivity index (χ0v) is 15.4. The minimum atomic E-state index is -0.322. The van der Waals surface area contributed by atoms with Crippen LogP contribution in [0.1, 0.15) is 27.9 Å². The second-order valence-corrected chi connectivity index (χ2v) is 6.32. The van der Waals surface area contributed by atoms with Crippen molar-refractivity contribution in [3.05, 3.63) is 46.8 Å². The van der Waals surface area contributed by atoms with Crippen LogP contribution in [-0.4, -0.2) is 39.1 Å². The number of benzene rings is 2. The zero-order valence-electron chi connectivity index (χ0n) is 15.4. The number of ether oxygens (including phenoxy) is 4. The molecule has 146 valence electrons. The predicted octanol–water partition coefficient (Wildman–Crippen LogP) is 3.12. The molecule has 1 atom stereocenters. The van der Waals surface area contributed by atoms with Crippen molar-refractivity contribution in [2.45, 2.75) is 18.9 Å². The van der Waals surface area contributed by atoms with Gasteiger partial charge in [0.25, 0.3) is 0 Å². The fourth-order valence-electron chi connectivity index (χ4n) is 3.45. The van der Waals surface area contributed by atoms with Crippen LogP contribution >= 0.6 is 0 Å². The molecule has 0 radical (unpaired) electrons. The number of aldehydes is 1. The molecule has 4 rings (SSSR count). The van der Waals surface area contributed by atoms with E-state index in [4.69, 9.17) is 23.8 Å². The first-order valence-corrected chi connectivity index (χ1v) is 8.66. The molecule has 0 saturated carbocycles. The Balaban J connectivity index is 1.64. The third-order valence-electron chi connectivity index (χ3n) is 4.74. The summed E-state index contributed by atoms with van der Waals surface area (Å²) in [6.45, 7) is -0.00308. The number of oxime groups is 1. The van der Waals surface area contributed by atoms with Crippen molar-refractivity contribution in [1.29, 1.82) is 0 Å². The molecule has 8 heteroatoms. The molecule has 2 aromatic rings. The highest BCUT2D eigenvalue weighted by atomic mass is 19.1. The first kappa shape index (κ1) is 18.1. The molecule has 2 aliphatic heterocycles. The van der Waals surface area contributed by atoms with Crippen LogP contribution in [0.4, 0.5) is 4.39 Å². The summed E-state index contributed by atoms with van der Waals surface area (Å²) < 4.78 is 35.0. The molecule has 28 heavy (non-hydrogen) atoms. The molecule has 0 bridgehead atoms. The number of hydrogen-bond donors (Lipinski definition) is 0. The van der Waals surface area contributed by atoms with Crippen LogP contribution in [0.15, 0.2) is 29.4 Å². The Morgan fingerprint density at radius 2 is 1.86 bits per heavy atom. The summed E-state index contributed by atoms with van der Waals surface area (Å²) in [6.07, 6.45) is 1.24. The summed E-state index contributed by atoms with van der Waals surface area (Å²) in [4.78, 5) is 17.4. The van der Waals surface area contributed by atoms with Gasteiger partial charge < -0.3 is 23.8 Å². The van der Waals surface area contributed by atoms with Gasteiger partial charge in [-0.15, -0.1) is 0 Å². The number of nitrogens with zero attached hydrogens (tertiary/aromatic N) is 1. The lowest BCUT2D eigenvalue weighted by Gasteiger charge is -2.18. The standard InChI is InChI=1S/C20H18FNO6/c1-24-17-14(15(9-23)18-20(19(17)25-2)27-10-26-18)7-13-8-16(22-28-13)11-3-5-12(21)6-4-11/h3-6,9,13H,7-8,10H2,1-2H3. The van der Waals surface area contributed by atoms with Crippen molar-refractivity contribution in [1.82, 2.24) is 0 Å². The zero-order chi connectivity index (χ0) is 19.7. The Labute approximate surface area is 160 Å². The number of carbonyl (C=O) groups is 1. The Kier molecular flexibility index (Phi) is 4.77. The predicted molar refractivity (Wildman–Crippen MR) is 97.2 cm³/mol. The van der Waals surface area contributed by atoms with Gasteiger partial charge in [-0.1, -0.05) is 17.3 Å². The lowest BCUT2D eigenvalue weighted by molar-refractivity contribution is 0.0850. The van der Waals surface area contributed by atoms with E-state index < -0.39 is 0 Å². The second-order valence-electron chi connectivity index (χ2n) is 6.32. The van der Waals surface area contributed by atoms with Crippen molar-refractivity contribution < 1.29 is 33.0 Å². The normalized spacial score (nSPS) is 17.1. The monoisotopic (exact) mass is 387 g/mol. The van der Waals surface area contributed by atoms with E-state index >= 15 is 0 Å². The van der Waals surface area contributed by atoms with Crippen molar-refractivity contribution >= 4 is 12.0 Å². The molecule has 2 aliphatic rings. The maximum absolute atomic E-state index is 13.1. The summed E-state index contributed by atoms with van der Waals surface area (Å²) in [5, 5.41) is 4.12. The van der Waals surface area contributed by atoms with Gasteiger partial charge >= 0.3 is 0 Å². The van der Waals surface area contributed by atoms with Crippen molar-refractivity contribution in [3.8, 4) is 23.0 Å². The molecular weight excluding hydrogens is 369 g/mol. The Morgan fingerprint density at radius 1 is 1.14 bits per heavy atom. The molecule has 0 amide bonds. The van der Waals surface area contributed by atoms with E-state index in [2.05, 4.69) is 5.16 Å². The first-order chi connectivity index (χ1) is 13.7. The van der Waals surface area contributed by atoms with Crippen LogP contribution in [-0.2, 0) is 11.3 Å². The molecule has 1 unspecified atom stereocenters. The SMILES string of the molecule is COc1c(CC2CC(c3ccc(F)cc3)=NO2)c(C=O)c2c(c1OC)OCO2. The van der Waals surface area contributed by atoms with E-state index in [1.54, 1.807) is 12.1 Å². The number of rotatable bonds is 6. The third kappa shape index (κ3) is 3.00. The van der Waals surface area contributed by atoms with Gasteiger partial charge in [0.15, 0.2) is 17.8 Å². The quantitative estimate of drug-likeness (QED) is 0.709. The second kappa shape index (κ2) is 7.38. The minimum absolute atomic E-state index is 0.00308. The van der Waals surface area contributed by atoms with Crippen LogP contribution in [0.3, 0.4) is 0 Å². The fraction of sp³-hybridized carbons (Fsp3) is 0.300. The van der Waals surface area contributed by atoms with Crippen molar-refractivity contribution in [2.24, 2.45) is 5.16 Å². The number of methoxy groups -OCH3 is 2. The Bertz CT molecular complexity index is 941. The largest absolute Gasteiger partial charge is 0.492 e. The van der Waals surface area contributed by atoms with Crippen LogP contribution in [0.2, 0.25) is 0 Å². The molecule has 0 aliphatic carbocycles. The van der Waals surface area contributed by atoms with Gasteiger partial charge in [0, 0.05) is 18.4 Å². The van der Waals surface area contributed by atoms with Gasteiger partial charge in [-0.05, 0) is 17.7 Å². The molecule has 2 aromatic carbocycles. The summed E-state index contributed by atoms with van der Waals surface area (Å²) in [5.74, 6) is 1.13. The van der Waals surface area contributed by atoms with E-state index in [0.29, 0.717) is 59.0 Å². The van der Waals surface area contributed by atoms with E-state index in [0.717, 1.165) is 5.56 Å². The topological polar surface area (TPSA) is 75.6 Å². The maximum atomic E-state index is 13.1. The van der Waals surface area contributed by atoms with Gasteiger partial charge in [-0.3, -0.25) is 4.79 Å². The number of fused-ring (bicyclic) bond motifs is 1. The molecule has 7 nitrogen and oxygen atoms in total. The summed E-state index contributed by atoms with van der Waals surface area (Å²) in [7, 11) is 2.99. The van der Waals surface area contributed by atoms with Crippen molar-refractivity contribution in [2.75, 3.05) is 21.0 Å². The van der Waals surface area contributed by atoms with Gasteiger partial charge in [0.05, 0.1) is 25.5 Å². The molecule has 0 N–H and O–H groups in total. The van der Waals surface area contributed by atoms with Crippen LogP contribution in [0.5, 0.6) is 23.0 Å². The Hall–Kier alpha value is -3.29. The maximum Gasteiger partial charge on any atom is 0.231 e. The highest BCUT2D eigenvalue weighted by Crippen LogP contribution is 2.51. The van der Waals surface area contributed by atoms with E-state index in [1.807, 2.05) is 0 Å². The van der Waals surface area contributed by atoms with E-state index in [-0.39, 0.29) is 18.7 Å². The fourth-order valence-corrected chi connectivity index (χ4v) is 3.45. The highest BCUT2D eigenvalue weighted by molar-refractivity contribution is 6.01. The lowest BCUT2D eigenvalue weighted by Crippen LogP contribution is -2.15. The van der Waals surface area contributed by atoms with Crippen LogP contribution < -0.4 is 18.9 Å². The van der Waals surface area contributed by atoms with Gasteiger partial charge in [-0.2, -0.15) is 0 Å². The minimum Gasteiger partial charge on any atom is -0.492 e. The van der Waals surface area contributed by atoms with E-state index in [1.165, 1.54) is 26.4 Å². The molecule has 0 spiro atoms. The third-order valence-corrected chi connectivity index (χ3v) is 4.74.